The van der Waals surface area contributed by atoms with Gasteiger partial charge >= 0.3 is 0 Å². The first kappa shape index (κ1) is 16.8. The summed E-state index contributed by atoms with van der Waals surface area (Å²) in [6.07, 6.45) is 0.773. The van der Waals surface area contributed by atoms with E-state index in [-0.39, 0.29) is 42.6 Å². The first-order valence-electron chi connectivity index (χ1n) is 8.03. The third kappa shape index (κ3) is 3.38. The molecule has 1 aliphatic carbocycles. The molecule has 7 heteroatoms. The van der Waals surface area contributed by atoms with Gasteiger partial charge in [-0.05, 0) is 24.0 Å². The summed E-state index contributed by atoms with van der Waals surface area (Å²) in [4.78, 5) is 39.2. The van der Waals surface area contributed by atoms with Gasteiger partial charge in [-0.3, -0.25) is 14.4 Å². The number of carbonyl (C=O) groups excluding carboxylic acids is 3. The molecule has 1 saturated heterocycles. The minimum Gasteiger partial charge on any atom is -0.358 e. The van der Waals surface area contributed by atoms with E-state index in [0.29, 0.717) is 18.1 Å². The highest BCUT2D eigenvalue weighted by atomic mass is 35.5. The van der Waals surface area contributed by atoms with Crippen LogP contribution in [0.2, 0.25) is 5.02 Å². The number of piperazine rings is 1. The van der Waals surface area contributed by atoms with E-state index in [1.54, 1.807) is 4.90 Å². The monoisotopic (exact) mass is 349 g/mol. The number of rotatable bonds is 4. The molecule has 1 saturated carbocycles. The highest BCUT2D eigenvalue weighted by Gasteiger charge is 2.47. The summed E-state index contributed by atoms with van der Waals surface area (Å²) in [5.41, 5.74) is 1.00. The Morgan fingerprint density at radius 2 is 2.04 bits per heavy atom. The summed E-state index contributed by atoms with van der Waals surface area (Å²) in [6, 6.07) is 7.57. The van der Waals surface area contributed by atoms with Crippen LogP contribution in [0.15, 0.2) is 24.3 Å². The van der Waals surface area contributed by atoms with Crippen molar-refractivity contribution in [3.8, 4) is 0 Å². The third-order valence-electron chi connectivity index (χ3n) is 4.66. The van der Waals surface area contributed by atoms with Crippen LogP contribution in [0.5, 0.6) is 0 Å². The second-order valence-corrected chi connectivity index (χ2v) is 6.63. The van der Waals surface area contributed by atoms with Crippen LogP contribution in [0.3, 0.4) is 0 Å². The van der Waals surface area contributed by atoms with Crippen molar-refractivity contribution < 1.29 is 14.4 Å². The van der Waals surface area contributed by atoms with Gasteiger partial charge in [0.2, 0.25) is 17.7 Å². The molecule has 0 spiro atoms. The van der Waals surface area contributed by atoms with E-state index >= 15 is 0 Å². The van der Waals surface area contributed by atoms with Gasteiger partial charge in [0, 0.05) is 31.1 Å². The van der Waals surface area contributed by atoms with Gasteiger partial charge in [0.25, 0.3) is 0 Å². The maximum atomic E-state index is 12.6. The molecule has 3 rings (SSSR count). The lowest BCUT2D eigenvalue weighted by atomic mass is 10.1. The minimum atomic E-state index is -0.205. The number of benzene rings is 1. The Morgan fingerprint density at radius 1 is 1.29 bits per heavy atom. The first-order valence-corrected chi connectivity index (χ1v) is 8.40. The number of halogens is 1. The number of hydrogen-bond donors (Lipinski definition) is 1. The lowest BCUT2D eigenvalue weighted by Crippen LogP contribution is -2.54. The topological polar surface area (TPSA) is 69.7 Å². The average molecular weight is 350 g/mol. The molecule has 2 fully saturated rings. The largest absolute Gasteiger partial charge is 0.358 e. The van der Waals surface area contributed by atoms with E-state index in [4.69, 9.17) is 11.6 Å². The minimum absolute atomic E-state index is 0.00728. The van der Waals surface area contributed by atoms with Crippen molar-refractivity contribution >= 4 is 29.3 Å². The van der Waals surface area contributed by atoms with Gasteiger partial charge in [-0.1, -0.05) is 29.8 Å². The molecule has 3 amide bonds. The molecule has 0 aromatic heterocycles. The first-order chi connectivity index (χ1) is 11.5. The Bertz CT molecular complexity index is 679. The zero-order valence-corrected chi connectivity index (χ0v) is 14.3. The zero-order chi connectivity index (χ0) is 17.3. The molecular weight excluding hydrogens is 330 g/mol. The van der Waals surface area contributed by atoms with Gasteiger partial charge in [-0.2, -0.15) is 0 Å². The molecule has 128 valence electrons. The van der Waals surface area contributed by atoms with Crippen molar-refractivity contribution in [2.24, 2.45) is 5.92 Å². The standard InChI is InChI=1S/C17H20ClN3O3/c1-19-15(22)9-20-6-7-21(10-16(20)23)17(24)13-8-12(13)11-4-2-3-5-14(11)18/h2-5,12-13H,6-10H2,1H3,(H,19,22). The Balaban J connectivity index is 1.57. The number of amides is 3. The Hall–Kier alpha value is -2.08. The number of carbonyl (C=O) groups is 3. The van der Waals surface area contributed by atoms with Crippen molar-refractivity contribution in [2.75, 3.05) is 33.2 Å². The predicted octanol–water partition coefficient (Wildman–Crippen LogP) is 0.860. The summed E-state index contributed by atoms with van der Waals surface area (Å²) in [5, 5.41) is 3.18. The average Bonchev–Trinajstić information content (AvgIpc) is 3.36. The quantitative estimate of drug-likeness (QED) is 0.876. The fraction of sp³-hybridized carbons (Fsp3) is 0.471. The lowest BCUT2D eigenvalue weighted by Gasteiger charge is -2.34. The van der Waals surface area contributed by atoms with Crippen LogP contribution in [0.1, 0.15) is 17.9 Å². The van der Waals surface area contributed by atoms with Crippen molar-refractivity contribution in [3.05, 3.63) is 34.9 Å². The van der Waals surface area contributed by atoms with Crippen LogP contribution >= 0.6 is 11.6 Å². The van der Waals surface area contributed by atoms with Gasteiger partial charge in [-0.15, -0.1) is 0 Å². The molecule has 24 heavy (non-hydrogen) atoms. The van der Waals surface area contributed by atoms with Crippen LogP contribution in [0.4, 0.5) is 0 Å². The number of nitrogens with zero attached hydrogens (tertiary/aromatic N) is 2. The maximum absolute atomic E-state index is 12.6. The molecule has 1 N–H and O–H groups in total. The van der Waals surface area contributed by atoms with E-state index in [9.17, 15) is 14.4 Å². The number of nitrogens with one attached hydrogen (secondary N) is 1. The van der Waals surface area contributed by atoms with Gasteiger partial charge in [0.05, 0.1) is 13.1 Å². The maximum Gasteiger partial charge on any atom is 0.242 e. The Morgan fingerprint density at radius 3 is 2.71 bits per heavy atom. The van der Waals surface area contributed by atoms with E-state index in [1.807, 2.05) is 24.3 Å². The molecule has 0 bridgehead atoms. The number of hydrogen-bond acceptors (Lipinski definition) is 3. The van der Waals surface area contributed by atoms with Crippen molar-refractivity contribution in [1.29, 1.82) is 0 Å². The Labute approximate surface area is 145 Å². The van der Waals surface area contributed by atoms with Crippen LogP contribution in [0.25, 0.3) is 0 Å². The summed E-state index contributed by atoms with van der Waals surface area (Å²) >= 11 is 6.20. The van der Waals surface area contributed by atoms with Gasteiger partial charge in [0.15, 0.2) is 0 Å². The summed E-state index contributed by atoms with van der Waals surface area (Å²) < 4.78 is 0. The van der Waals surface area contributed by atoms with Gasteiger partial charge in [0.1, 0.15) is 0 Å². The second kappa shape index (κ2) is 6.81. The molecule has 1 aromatic rings. The molecule has 1 heterocycles. The summed E-state index contributed by atoms with van der Waals surface area (Å²) in [7, 11) is 1.54. The number of likely N-dealkylation sites (N-methyl/N-ethyl adjacent to an activating group) is 1. The van der Waals surface area contributed by atoms with Crippen molar-refractivity contribution in [1.82, 2.24) is 15.1 Å². The summed E-state index contributed by atoms with van der Waals surface area (Å²) in [5.74, 6) is -0.335. The predicted molar refractivity (Wildman–Crippen MR) is 89.5 cm³/mol. The zero-order valence-electron chi connectivity index (χ0n) is 13.5. The van der Waals surface area contributed by atoms with Gasteiger partial charge in [-0.25, -0.2) is 0 Å². The molecule has 1 aromatic carbocycles. The second-order valence-electron chi connectivity index (χ2n) is 6.22. The van der Waals surface area contributed by atoms with E-state index in [1.165, 1.54) is 11.9 Å². The van der Waals surface area contributed by atoms with E-state index < -0.39 is 0 Å². The Kier molecular flexibility index (Phi) is 4.76. The highest BCUT2D eigenvalue weighted by molar-refractivity contribution is 6.31. The van der Waals surface area contributed by atoms with Crippen molar-refractivity contribution in [3.63, 3.8) is 0 Å². The van der Waals surface area contributed by atoms with Crippen molar-refractivity contribution in [2.45, 2.75) is 12.3 Å². The molecule has 2 unspecified atom stereocenters. The van der Waals surface area contributed by atoms with Crippen LogP contribution in [-0.4, -0.2) is 60.7 Å². The fourth-order valence-electron chi connectivity index (χ4n) is 3.14. The van der Waals surface area contributed by atoms with Gasteiger partial charge < -0.3 is 15.1 Å². The summed E-state index contributed by atoms with van der Waals surface area (Å²) in [6.45, 7) is 0.944. The lowest BCUT2D eigenvalue weighted by molar-refractivity contribution is -0.147. The molecule has 6 nitrogen and oxygen atoms in total. The van der Waals surface area contributed by atoms with Crippen LogP contribution < -0.4 is 5.32 Å². The molecule has 2 aliphatic rings. The molecule has 0 radical (unpaired) electrons. The van der Waals surface area contributed by atoms with E-state index in [0.717, 1.165) is 12.0 Å². The fourth-order valence-corrected chi connectivity index (χ4v) is 3.41. The van der Waals surface area contributed by atoms with E-state index in [2.05, 4.69) is 5.32 Å². The smallest absolute Gasteiger partial charge is 0.242 e. The van der Waals surface area contributed by atoms with Crippen LogP contribution in [0, 0.1) is 5.92 Å². The highest BCUT2D eigenvalue weighted by Crippen LogP contribution is 2.50. The molecular formula is C17H20ClN3O3. The molecule has 1 aliphatic heterocycles. The SMILES string of the molecule is CNC(=O)CN1CCN(C(=O)C2CC2c2ccccc2Cl)CC1=O. The normalized spacial score (nSPS) is 23.2. The van der Waals surface area contributed by atoms with Crippen LogP contribution in [-0.2, 0) is 14.4 Å². The third-order valence-corrected chi connectivity index (χ3v) is 5.00. The molecule has 2 atom stereocenters.